The second-order valence-electron chi connectivity index (χ2n) is 5.98. The van der Waals surface area contributed by atoms with Crippen molar-refractivity contribution in [3.05, 3.63) is 35.9 Å². The number of nitrogens with one attached hydrogen (secondary N) is 1. The molecular formula is C16H23N3O. The van der Waals surface area contributed by atoms with Gasteiger partial charge in [0.15, 0.2) is 0 Å². The zero-order chi connectivity index (χ0) is 13.9. The van der Waals surface area contributed by atoms with Crippen LogP contribution in [-0.4, -0.2) is 42.5 Å². The summed E-state index contributed by atoms with van der Waals surface area (Å²) >= 11 is 0. The fourth-order valence-corrected chi connectivity index (χ4v) is 3.36. The maximum absolute atomic E-state index is 12.4. The third-order valence-electron chi connectivity index (χ3n) is 4.53. The van der Waals surface area contributed by atoms with Crippen molar-refractivity contribution in [1.82, 2.24) is 10.2 Å². The van der Waals surface area contributed by atoms with Gasteiger partial charge in [-0.2, -0.15) is 0 Å². The van der Waals surface area contributed by atoms with Crippen LogP contribution < -0.4 is 11.1 Å². The lowest BCUT2D eigenvalue weighted by Crippen LogP contribution is -2.36. The normalized spacial score (nSPS) is 29.9. The molecule has 3 atom stereocenters. The molecule has 108 valence electrons. The fraction of sp³-hybridized carbons (Fsp3) is 0.562. The first kappa shape index (κ1) is 13.6. The van der Waals surface area contributed by atoms with Crippen LogP contribution >= 0.6 is 0 Å². The van der Waals surface area contributed by atoms with Gasteiger partial charge >= 0.3 is 0 Å². The van der Waals surface area contributed by atoms with Crippen molar-refractivity contribution in [2.24, 2.45) is 5.73 Å². The Labute approximate surface area is 120 Å². The van der Waals surface area contributed by atoms with Gasteiger partial charge in [-0.25, -0.2) is 0 Å². The molecule has 0 spiro atoms. The molecule has 0 aromatic heterocycles. The minimum Gasteiger partial charge on any atom is -0.340 e. The van der Waals surface area contributed by atoms with E-state index in [2.05, 4.69) is 17.4 Å². The van der Waals surface area contributed by atoms with Crippen LogP contribution in [0.4, 0.5) is 0 Å². The molecule has 1 amide bonds. The van der Waals surface area contributed by atoms with E-state index in [1.54, 1.807) is 0 Å². The van der Waals surface area contributed by atoms with E-state index in [9.17, 15) is 4.79 Å². The summed E-state index contributed by atoms with van der Waals surface area (Å²) in [5.74, 6) is 0.523. The number of amides is 1. The number of carbonyl (C=O) groups excluding carboxylic acids is 1. The van der Waals surface area contributed by atoms with Crippen molar-refractivity contribution in [2.75, 3.05) is 19.6 Å². The van der Waals surface area contributed by atoms with Crippen LogP contribution in [0.15, 0.2) is 30.3 Å². The lowest BCUT2D eigenvalue weighted by atomic mass is 9.95. The van der Waals surface area contributed by atoms with E-state index in [-0.39, 0.29) is 17.9 Å². The van der Waals surface area contributed by atoms with Gasteiger partial charge in [0, 0.05) is 37.5 Å². The Balaban J connectivity index is 1.61. The molecule has 1 aromatic rings. The van der Waals surface area contributed by atoms with Crippen molar-refractivity contribution in [2.45, 2.75) is 37.3 Å². The molecular weight excluding hydrogens is 250 g/mol. The molecule has 0 radical (unpaired) electrons. The zero-order valence-electron chi connectivity index (χ0n) is 11.8. The van der Waals surface area contributed by atoms with E-state index in [4.69, 9.17) is 5.73 Å². The van der Waals surface area contributed by atoms with Crippen LogP contribution in [0, 0.1) is 0 Å². The minimum absolute atomic E-state index is 0.0536. The zero-order valence-corrected chi connectivity index (χ0v) is 11.8. The highest BCUT2D eigenvalue weighted by Gasteiger charge is 2.34. The van der Waals surface area contributed by atoms with Crippen LogP contribution in [-0.2, 0) is 4.79 Å². The molecule has 1 unspecified atom stereocenters. The molecule has 4 nitrogen and oxygen atoms in total. The van der Waals surface area contributed by atoms with Gasteiger partial charge < -0.3 is 16.0 Å². The molecule has 0 saturated carbocycles. The van der Waals surface area contributed by atoms with Crippen molar-refractivity contribution in [3.63, 3.8) is 0 Å². The monoisotopic (exact) mass is 273 g/mol. The predicted molar refractivity (Wildman–Crippen MR) is 79.4 cm³/mol. The highest BCUT2D eigenvalue weighted by Crippen LogP contribution is 2.27. The maximum atomic E-state index is 12.4. The molecule has 2 saturated heterocycles. The fourth-order valence-electron chi connectivity index (χ4n) is 3.36. The molecule has 4 heteroatoms. The Bertz CT molecular complexity index is 456. The quantitative estimate of drug-likeness (QED) is 0.866. The number of hydrogen-bond donors (Lipinski definition) is 2. The highest BCUT2D eigenvalue weighted by atomic mass is 16.2. The molecule has 2 aliphatic rings. The van der Waals surface area contributed by atoms with E-state index in [0.717, 1.165) is 19.5 Å². The van der Waals surface area contributed by atoms with Gasteiger partial charge in [0.2, 0.25) is 5.91 Å². The van der Waals surface area contributed by atoms with E-state index in [1.807, 2.05) is 23.1 Å². The lowest BCUT2D eigenvalue weighted by Gasteiger charge is -2.19. The summed E-state index contributed by atoms with van der Waals surface area (Å²) in [5, 5.41) is 3.39. The third kappa shape index (κ3) is 2.86. The van der Waals surface area contributed by atoms with E-state index in [1.165, 1.54) is 12.0 Å². The van der Waals surface area contributed by atoms with Gasteiger partial charge in [0.25, 0.3) is 0 Å². The predicted octanol–water partition coefficient (Wildman–Crippen LogP) is 1.08. The largest absolute Gasteiger partial charge is 0.340 e. The molecule has 0 aliphatic carbocycles. The summed E-state index contributed by atoms with van der Waals surface area (Å²) in [6.45, 7) is 2.49. The topological polar surface area (TPSA) is 58.4 Å². The molecule has 0 bridgehead atoms. The molecule has 2 aliphatic heterocycles. The summed E-state index contributed by atoms with van der Waals surface area (Å²) in [6, 6.07) is 10.7. The number of rotatable bonds is 3. The third-order valence-corrected chi connectivity index (χ3v) is 4.53. The highest BCUT2D eigenvalue weighted by molar-refractivity contribution is 5.77. The first-order chi connectivity index (χ1) is 9.74. The lowest BCUT2D eigenvalue weighted by molar-refractivity contribution is -0.130. The Morgan fingerprint density at radius 3 is 2.80 bits per heavy atom. The van der Waals surface area contributed by atoms with Crippen LogP contribution in [0.3, 0.4) is 0 Å². The standard InChI is InChI=1S/C16H23N3O/c17-15-11-19(16(20)9-13-7-4-8-18-13)10-14(15)12-5-2-1-3-6-12/h1-3,5-6,13-15,18H,4,7-11,17H2/t13?,14-,15+/m0/s1. The van der Waals surface area contributed by atoms with E-state index in [0.29, 0.717) is 19.0 Å². The number of likely N-dealkylation sites (tertiary alicyclic amines) is 1. The van der Waals surface area contributed by atoms with Crippen LogP contribution in [0.5, 0.6) is 0 Å². The number of nitrogens with zero attached hydrogens (tertiary/aromatic N) is 1. The number of benzene rings is 1. The van der Waals surface area contributed by atoms with Crippen LogP contribution in [0.1, 0.15) is 30.7 Å². The second-order valence-corrected chi connectivity index (χ2v) is 5.98. The SMILES string of the molecule is N[C@@H]1CN(C(=O)CC2CCCN2)C[C@H]1c1ccccc1. The van der Waals surface area contributed by atoms with Gasteiger partial charge in [-0.05, 0) is 24.9 Å². The Kier molecular flexibility index (Phi) is 4.03. The number of hydrogen-bond acceptors (Lipinski definition) is 3. The number of nitrogens with two attached hydrogens (primary N) is 1. The summed E-state index contributed by atoms with van der Waals surface area (Å²) in [5.41, 5.74) is 7.48. The average molecular weight is 273 g/mol. The minimum atomic E-state index is 0.0536. The first-order valence-electron chi connectivity index (χ1n) is 7.55. The van der Waals surface area contributed by atoms with E-state index >= 15 is 0 Å². The molecule has 20 heavy (non-hydrogen) atoms. The van der Waals surface area contributed by atoms with Crippen molar-refractivity contribution in [3.8, 4) is 0 Å². The van der Waals surface area contributed by atoms with Crippen molar-refractivity contribution < 1.29 is 4.79 Å². The molecule has 3 rings (SSSR count). The van der Waals surface area contributed by atoms with Gasteiger partial charge in [-0.15, -0.1) is 0 Å². The maximum Gasteiger partial charge on any atom is 0.224 e. The van der Waals surface area contributed by atoms with Crippen molar-refractivity contribution >= 4 is 5.91 Å². The summed E-state index contributed by atoms with van der Waals surface area (Å²) in [7, 11) is 0. The average Bonchev–Trinajstić information content (AvgIpc) is 3.09. The summed E-state index contributed by atoms with van der Waals surface area (Å²) in [6.07, 6.45) is 2.92. The van der Waals surface area contributed by atoms with Crippen LogP contribution in [0.25, 0.3) is 0 Å². The summed E-state index contributed by atoms with van der Waals surface area (Å²) < 4.78 is 0. The van der Waals surface area contributed by atoms with Gasteiger partial charge in [0.1, 0.15) is 0 Å². The van der Waals surface area contributed by atoms with Crippen LogP contribution in [0.2, 0.25) is 0 Å². The second kappa shape index (κ2) is 5.94. The molecule has 2 heterocycles. The Hall–Kier alpha value is -1.39. The molecule has 1 aromatic carbocycles. The Morgan fingerprint density at radius 1 is 1.30 bits per heavy atom. The van der Waals surface area contributed by atoms with E-state index < -0.39 is 0 Å². The number of carbonyl (C=O) groups is 1. The van der Waals surface area contributed by atoms with Gasteiger partial charge in [-0.1, -0.05) is 30.3 Å². The first-order valence-corrected chi connectivity index (χ1v) is 7.55. The summed E-state index contributed by atoms with van der Waals surface area (Å²) in [4.78, 5) is 14.3. The Morgan fingerprint density at radius 2 is 2.10 bits per heavy atom. The molecule has 3 N–H and O–H groups in total. The van der Waals surface area contributed by atoms with Gasteiger partial charge in [-0.3, -0.25) is 4.79 Å². The van der Waals surface area contributed by atoms with Gasteiger partial charge in [0.05, 0.1) is 0 Å². The smallest absolute Gasteiger partial charge is 0.224 e. The molecule has 2 fully saturated rings. The van der Waals surface area contributed by atoms with Crippen molar-refractivity contribution in [1.29, 1.82) is 0 Å².